The van der Waals surface area contributed by atoms with Crippen LogP contribution in [0.2, 0.25) is 0 Å². The summed E-state index contributed by atoms with van der Waals surface area (Å²) in [5.74, 6) is 1.45. The van der Waals surface area contributed by atoms with Crippen molar-refractivity contribution in [3.8, 4) is 16.9 Å². The van der Waals surface area contributed by atoms with E-state index >= 15 is 0 Å². The predicted molar refractivity (Wildman–Crippen MR) is 190 cm³/mol. The number of likely N-dealkylation sites (tertiary alicyclic amines) is 1. The number of hydrogen-bond acceptors (Lipinski definition) is 4. The van der Waals surface area contributed by atoms with Crippen LogP contribution in [-0.2, 0) is 11.3 Å². The van der Waals surface area contributed by atoms with Crippen molar-refractivity contribution in [2.45, 2.75) is 46.3 Å². The number of aryl methyl sites for hydroxylation is 2. The van der Waals surface area contributed by atoms with E-state index in [9.17, 15) is 4.79 Å². The number of rotatable bonds is 11. The number of carbonyl (C=O) groups is 1. The van der Waals surface area contributed by atoms with Gasteiger partial charge in [-0.05, 0) is 128 Å². The molecule has 46 heavy (non-hydrogen) atoms. The number of benzene rings is 4. The van der Waals surface area contributed by atoms with E-state index in [1.54, 1.807) is 6.08 Å². The van der Waals surface area contributed by atoms with Gasteiger partial charge in [-0.15, -0.1) is 0 Å². The number of hydrogen-bond donors (Lipinski definition) is 1. The zero-order valence-corrected chi connectivity index (χ0v) is 27.4. The van der Waals surface area contributed by atoms with Gasteiger partial charge in [0, 0.05) is 24.3 Å². The van der Waals surface area contributed by atoms with Crippen molar-refractivity contribution >= 4 is 17.2 Å². The lowest BCUT2D eigenvalue weighted by Gasteiger charge is -2.29. The zero-order valence-electron chi connectivity index (χ0n) is 27.4. The van der Waals surface area contributed by atoms with Crippen molar-refractivity contribution in [3.63, 3.8) is 0 Å². The number of piperidine rings is 1. The molecule has 0 aromatic heterocycles. The van der Waals surface area contributed by atoms with E-state index < -0.39 is 0 Å². The molecule has 4 aromatic rings. The van der Waals surface area contributed by atoms with Gasteiger partial charge in [-0.1, -0.05) is 67.3 Å². The van der Waals surface area contributed by atoms with Crippen LogP contribution in [0, 0.1) is 13.8 Å². The van der Waals surface area contributed by atoms with Gasteiger partial charge in [0.1, 0.15) is 24.2 Å². The molecule has 4 aromatic carbocycles. The fraction of sp³-hybridized carbons (Fsp3) is 0.244. The SMILES string of the molecule is C=C/C(=C\C=C(/C)c1ccc(C(=O)Nc2cccc(-c3c(C)cccc3C)c2)cc1)OCc1ccc(OC2CCN(C)CC2)cc1. The molecule has 5 heteroatoms. The van der Waals surface area contributed by atoms with Gasteiger partial charge in [-0.3, -0.25) is 4.79 Å². The molecule has 1 heterocycles. The molecule has 5 rings (SSSR count). The molecule has 1 N–H and O–H groups in total. The molecule has 1 aliphatic heterocycles. The van der Waals surface area contributed by atoms with Crippen molar-refractivity contribution in [1.29, 1.82) is 0 Å². The maximum atomic E-state index is 13.1. The van der Waals surface area contributed by atoms with Gasteiger partial charge in [-0.25, -0.2) is 0 Å². The Labute approximate surface area is 273 Å². The standard InChI is InChI=1S/C41H44N2O3/c1-6-37(45-28-32-14-21-38(22-15-32)46-39-23-25-43(5)26-24-39)20-13-29(2)33-16-18-34(19-17-33)41(44)42-36-12-8-11-35(27-36)40-30(3)9-7-10-31(40)4/h6-22,27,39H,1,23-26,28H2,2-5H3,(H,42,44)/b29-13+,37-20+. The summed E-state index contributed by atoms with van der Waals surface area (Å²) in [5.41, 5.74) is 9.21. The van der Waals surface area contributed by atoms with Crippen LogP contribution in [0.3, 0.4) is 0 Å². The van der Waals surface area contributed by atoms with Crippen molar-refractivity contribution in [2.75, 3.05) is 25.5 Å². The number of amides is 1. The molecular weight excluding hydrogens is 568 g/mol. The molecule has 0 unspecified atom stereocenters. The molecule has 0 radical (unpaired) electrons. The molecule has 5 nitrogen and oxygen atoms in total. The van der Waals surface area contributed by atoms with Crippen LogP contribution in [0.25, 0.3) is 16.7 Å². The normalized spacial score (nSPS) is 14.5. The summed E-state index contributed by atoms with van der Waals surface area (Å²) in [6.45, 7) is 12.8. The number of nitrogens with one attached hydrogen (secondary N) is 1. The molecule has 0 saturated carbocycles. The van der Waals surface area contributed by atoms with E-state index in [0.717, 1.165) is 59.6 Å². The minimum Gasteiger partial charge on any atom is -0.490 e. The van der Waals surface area contributed by atoms with Crippen LogP contribution in [0.15, 0.2) is 122 Å². The highest BCUT2D eigenvalue weighted by molar-refractivity contribution is 6.04. The molecule has 1 fully saturated rings. The minimum absolute atomic E-state index is 0.143. The van der Waals surface area contributed by atoms with Crippen molar-refractivity contribution in [1.82, 2.24) is 4.90 Å². The summed E-state index contributed by atoms with van der Waals surface area (Å²) in [6.07, 6.45) is 8.04. The first-order valence-electron chi connectivity index (χ1n) is 16.0. The summed E-state index contributed by atoms with van der Waals surface area (Å²) in [4.78, 5) is 15.4. The topological polar surface area (TPSA) is 50.8 Å². The third kappa shape index (κ3) is 8.64. The third-order valence-corrected chi connectivity index (χ3v) is 8.49. The second-order valence-corrected chi connectivity index (χ2v) is 12.1. The molecule has 0 spiro atoms. The predicted octanol–water partition coefficient (Wildman–Crippen LogP) is 9.39. The summed E-state index contributed by atoms with van der Waals surface area (Å²) >= 11 is 0. The zero-order chi connectivity index (χ0) is 32.5. The van der Waals surface area contributed by atoms with Gasteiger partial charge in [0.15, 0.2) is 0 Å². The summed E-state index contributed by atoms with van der Waals surface area (Å²) in [6, 6.07) is 30.1. The van der Waals surface area contributed by atoms with E-state index in [1.807, 2.05) is 85.8 Å². The number of nitrogens with zero attached hydrogens (tertiary/aromatic N) is 1. The molecule has 0 aliphatic carbocycles. The lowest BCUT2D eigenvalue weighted by atomic mass is 9.95. The first-order valence-corrected chi connectivity index (χ1v) is 16.0. The number of allylic oxidation sites excluding steroid dienone is 4. The summed E-state index contributed by atoms with van der Waals surface area (Å²) in [7, 11) is 2.16. The van der Waals surface area contributed by atoms with Gasteiger partial charge >= 0.3 is 0 Å². The van der Waals surface area contributed by atoms with Crippen LogP contribution >= 0.6 is 0 Å². The lowest BCUT2D eigenvalue weighted by molar-refractivity contribution is 0.102. The monoisotopic (exact) mass is 612 g/mol. The first-order chi connectivity index (χ1) is 22.3. The maximum absolute atomic E-state index is 13.1. The maximum Gasteiger partial charge on any atom is 0.255 e. The Balaban J connectivity index is 1.15. The first kappa shape index (κ1) is 32.5. The van der Waals surface area contributed by atoms with E-state index in [1.165, 1.54) is 16.7 Å². The van der Waals surface area contributed by atoms with Gasteiger partial charge < -0.3 is 19.7 Å². The highest BCUT2D eigenvalue weighted by atomic mass is 16.5. The smallest absolute Gasteiger partial charge is 0.255 e. The number of carbonyl (C=O) groups excluding carboxylic acids is 1. The van der Waals surface area contributed by atoms with Crippen molar-refractivity contribution in [2.24, 2.45) is 0 Å². The Kier molecular flexibility index (Phi) is 10.9. The van der Waals surface area contributed by atoms with Crippen LogP contribution in [0.4, 0.5) is 5.69 Å². The molecular formula is C41H44N2O3. The van der Waals surface area contributed by atoms with E-state index in [-0.39, 0.29) is 12.0 Å². The summed E-state index contributed by atoms with van der Waals surface area (Å²) < 4.78 is 12.2. The van der Waals surface area contributed by atoms with E-state index in [2.05, 4.69) is 62.0 Å². The quantitative estimate of drug-likeness (QED) is 0.135. The van der Waals surface area contributed by atoms with Gasteiger partial charge in [0.25, 0.3) is 5.91 Å². The van der Waals surface area contributed by atoms with E-state index in [4.69, 9.17) is 9.47 Å². The fourth-order valence-electron chi connectivity index (χ4n) is 5.71. The van der Waals surface area contributed by atoms with Crippen LogP contribution < -0.4 is 10.1 Å². The molecule has 1 amide bonds. The average molecular weight is 613 g/mol. The Hall–Kier alpha value is -4.87. The number of anilines is 1. The second kappa shape index (κ2) is 15.4. The Morgan fingerprint density at radius 2 is 1.54 bits per heavy atom. The van der Waals surface area contributed by atoms with Crippen LogP contribution in [0.1, 0.15) is 52.4 Å². The van der Waals surface area contributed by atoms with E-state index in [0.29, 0.717) is 17.9 Å². The fourth-order valence-corrected chi connectivity index (χ4v) is 5.71. The molecule has 0 atom stereocenters. The average Bonchev–Trinajstić information content (AvgIpc) is 3.06. The van der Waals surface area contributed by atoms with Gasteiger partial charge in [0.2, 0.25) is 0 Å². The second-order valence-electron chi connectivity index (χ2n) is 12.1. The van der Waals surface area contributed by atoms with Crippen molar-refractivity contribution in [3.05, 3.63) is 149 Å². The Morgan fingerprint density at radius 1 is 0.891 bits per heavy atom. The number of ether oxygens (including phenoxy) is 2. The summed E-state index contributed by atoms with van der Waals surface area (Å²) in [5, 5.41) is 3.05. The minimum atomic E-state index is -0.143. The Bertz CT molecular complexity index is 1690. The molecule has 1 aliphatic rings. The van der Waals surface area contributed by atoms with Crippen LogP contribution in [-0.4, -0.2) is 37.0 Å². The van der Waals surface area contributed by atoms with Crippen LogP contribution in [0.5, 0.6) is 5.75 Å². The van der Waals surface area contributed by atoms with Crippen molar-refractivity contribution < 1.29 is 14.3 Å². The largest absolute Gasteiger partial charge is 0.490 e. The Morgan fingerprint density at radius 3 is 2.22 bits per heavy atom. The molecule has 236 valence electrons. The van der Waals surface area contributed by atoms with Gasteiger partial charge in [0.05, 0.1) is 0 Å². The lowest BCUT2D eigenvalue weighted by Crippen LogP contribution is -2.35. The highest BCUT2D eigenvalue weighted by Gasteiger charge is 2.18. The van der Waals surface area contributed by atoms with Gasteiger partial charge in [-0.2, -0.15) is 0 Å². The third-order valence-electron chi connectivity index (χ3n) is 8.49. The highest BCUT2D eigenvalue weighted by Crippen LogP contribution is 2.29. The molecule has 0 bridgehead atoms. The molecule has 1 saturated heterocycles.